The number of hydrogen-bond acceptors (Lipinski definition) is 3. The number of carbonyl (C=O) groups is 1. The standard InChI is InChI=1S/C16H22FNO2/c1-18(11-13-5-4-10-20-12-13)9-8-16(19)14-6-2-3-7-15(14)17/h2-3,6-7,13H,4-5,8-12H2,1H3. The molecule has 3 nitrogen and oxygen atoms in total. The molecule has 1 atom stereocenters. The second kappa shape index (κ2) is 7.50. The third-order valence-electron chi connectivity index (χ3n) is 3.72. The molecule has 0 bridgehead atoms. The van der Waals surface area contributed by atoms with Crippen LogP contribution in [0.2, 0.25) is 0 Å². The van der Waals surface area contributed by atoms with E-state index in [0.717, 1.165) is 26.2 Å². The van der Waals surface area contributed by atoms with Crippen LogP contribution in [0.1, 0.15) is 29.6 Å². The van der Waals surface area contributed by atoms with Gasteiger partial charge in [-0.2, -0.15) is 0 Å². The minimum absolute atomic E-state index is 0.130. The van der Waals surface area contributed by atoms with Gasteiger partial charge in [0.1, 0.15) is 5.82 Å². The van der Waals surface area contributed by atoms with E-state index in [1.165, 1.54) is 12.5 Å². The summed E-state index contributed by atoms with van der Waals surface area (Å²) in [5.41, 5.74) is 0.196. The molecule has 1 aliphatic heterocycles. The molecule has 0 aromatic heterocycles. The van der Waals surface area contributed by atoms with Crippen molar-refractivity contribution in [2.24, 2.45) is 5.92 Å². The molecule has 0 N–H and O–H groups in total. The lowest BCUT2D eigenvalue weighted by molar-refractivity contribution is 0.0418. The minimum Gasteiger partial charge on any atom is -0.381 e. The molecule has 0 amide bonds. The normalized spacial score (nSPS) is 19.2. The molecule has 0 aliphatic carbocycles. The Bertz CT molecular complexity index is 444. The van der Waals surface area contributed by atoms with E-state index in [-0.39, 0.29) is 11.3 Å². The van der Waals surface area contributed by atoms with Crippen molar-refractivity contribution in [3.05, 3.63) is 35.6 Å². The number of rotatable bonds is 6. The van der Waals surface area contributed by atoms with Crippen molar-refractivity contribution in [2.45, 2.75) is 19.3 Å². The number of benzene rings is 1. The van der Waals surface area contributed by atoms with Gasteiger partial charge in [-0.1, -0.05) is 12.1 Å². The van der Waals surface area contributed by atoms with Crippen LogP contribution in [0, 0.1) is 11.7 Å². The Balaban J connectivity index is 1.76. The maximum absolute atomic E-state index is 13.5. The van der Waals surface area contributed by atoms with Crippen LogP contribution >= 0.6 is 0 Å². The van der Waals surface area contributed by atoms with Gasteiger partial charge in [-0.15, -0.1) is 0 Å². The van der Waals surface area contributed by atoms with Crippen molar-refractivity contribution in [1.29, 1.82) is 0 Å². The van der Waals surface area contributed by atoms with Crippen LogP contribution in [0.15, 0.2) is 24.3 Å². The molecular weight excluding hydrogens is 257 g/mol. The molecule has 20 heavy (non-hydrogen) atoms. The van der Waals surface area contributed by atoms with E-state index in [1.807, 2.05) is 7.05 Å². The van der Waals surface area contributed by atoms with Crippen molar-refractivity contribution >= 4 is 5.78 Å². The lowest BCUT2D eigenvalue weighted by Gasteiger charge is -2.26. The predicted octanol–water partition coefficient (Wildman–Crippen LogP) is 2.76. The van der Waals surface area contributed by atoms with Gasteiger partial charge in [0.05, 0.1) is 12.2 Å². The van der Waals surface area contributed by atoms with Crippen LogP contribution in [0.4, 0.5) is 4.39 Å². The molecule has 1 saturated heterocycles. The summed E-state index contributed by atoms with van der Waals surface area (Å²) < 4.78 is 18.9. The van der Waals surface area contributed by atoms with Gasteiger partial charge in [0.25, 0.3) is 0 Å². The van der Waals surface area contributed by atoms with Gasteiger partial charge in [0.15, 0.2) is 5.78 Å². The molecule has 0 radical (unpaired) electrons. The minimum atomic E-state index is -0.430. The van der Waals surface area contributed by atoms with Crippen molar-refractivity contribution in [3.8, 4) is 0 Å². The zero-order valence-electron chi connectivity index (χ0n) is 12.0. The number of hydrogen-bond donors (Lipinski definition) is 0. The summed E-state index contributed by atoms with van der Waals surface area (Å²) in [4.78, 5) is 14.1. The van der Waals surface area contributed by atoms with Crippen LogP contribution in [-0.4, -0.2) is 44.0 Å². The van der Waals surface area contributed by atoms with E-state index in [0.29, 0.717) is 18.9 Å². The highest BCUT2D eigenvalue weighted by molar-refractivity contribution is 5.96. The predicted molar refractivity (Wildman–Crippen MR) is 76.4 cm³/mol. The molecule has 1 aromatic carbocycles. The fraction of sp³-hybridized carbons (Fsp3) is 0.562. The van der Waals surface area contributed by atoms with Crippen molar-refractivity contribution < 1.29 is 13.9 Å². The van der Waals surface area contributed by atoms with Crippen molar-refractivity contribution in [1.82, 2.24) is 4.90 Å². The summed E-state index contributed by atoms with van der Waals surface area (Å²) in [5.74, 6) is -0.00649. The molecule has 2 rings (SSSR count). The number of Topliss-reactive ketones (excluding diaryl/α,β-unsaturated/α-hetero) is 1. The first-order valence-corrected chi connectivity index (χ1v) is 7.21. The maximum atomic E-state index is 13.5. The zero-order chi connectivity index (χ0) is 14.4. The average Bonchev–Trinajstić information content (AvgIpc) is 2.46. The number of carbonyl (C=O) groups excluding carboxylic acids is 1. The van der Waals surface area contributed by atoms with E-state index in [1.54, 1.807) is 18.2 Å². The lowest BCUT2D eigenvalue weighted by atomic mass is 10.0. The highest BCUT2D eigenvalue weighted by Crippen LogP contribution is 2.15. The molecule has 1 heterocycles. The van der Waals surface area contributed by atoms with Crippen LogP contribution in [0.3, 0.4) is 0 Å². The number of ether oxygens (including phenoxy) is 1. The van der Waals surface area contributed by atoms with Gasteiger partial charge in [0.2, 0.25) is 0 Å². The van der Waals surface area contributed by atoms with Crippen LogP contribution in [-0.2, 0) is 4.74 Å². The summed E-state index contributed by atoms with van der Waals surface area (Å²) >= 11 is 0. The lowest BCUT2D eigenvalue weighted by Crippen LogP contribution is -2.32. The molecule has 110 valence electrons. The Morgan fingerprint density at radius 1 is 1.45 bits per heavy atom. The van der Waals surface area contributed by atoms with Gasteiger partial charge in [-0.3, -0.25) is 4.79 Å². The first-order chi connectivity index (χ1) is 9.66. The van der Waals surface area contributed by atoms with Crippen LogP contribution in [0.25, 0.3) is 0 Å². The summed E-state index contributed by atoms with van der Waals surface area (Å²) in [5, 5.41) is 0. The van der Waals surface area contributed by atoms with Gasteiger partial charge < -0.3 is 9.64 Å². The van der Waals surface area contributed by atoms with E-state index < -0.39 is 5.82 Å². The molecule has 1 aliphatic rings. The summed E-state index contributed by atoms with van der Waals surface area (Å²) in [6.45, 7) is 3.27. The Morgan fingerprint density at radius 3 is 2.95 bits per heavy atom. The van der Waals surface area contributed by atoms with Crippen molar-refractivity contribution in [2.75, 3.05) is 33.4 Å². The average molecular weight is 279 g/mol. The fourth-order valence-electron chi connectivity index (χ4n) is 2.60. The molecule has 1 unspecified atom stereocenters. The summed E-state index contributed by atoms with van der Waals surface area (Å²) in [6, 6.07) is 6.17. The van der Waals surface area contributed by atoms with Gasteiger partial charge in [0, 0.05) is 26.1 Å². The Morgan fingerprint density at radius 2 is 2.25 bits per heavy atom. The topological polar surface area (TPSA) is 29.5 Å². The van der Waals surface area contributed by atoms with E-state index >= 15 is 0 Å². The second-order valence-corrected chi connectivity index (χ2v) is 5.50. The molecule has 1 aromatic rings. The molecule has 0 saturated carbocycles. The van der Waals surface area contributed by atoms with Crippen molar-refractivity contribution in [3.63, 3.8) is 0 Å². The Kier molecular flexibility index (Phi) is 5.68. The summed E-state index contributed by atoms with van der Waals surface area (Å²) in [6.07, 6.45) is 2.66. The largest absolute Gasteiger partial charge is 0.381 e. The summed E-state index contributed by atoms with van der Waals surface area (Å²) in [7, 11) is 2.00. The monoisotopic (exact) mass is 279 g/mol. The molecular formula is C16H22FNO2. The van der Waals surface area contributed by atoms with Gasteiger partial charge in [-0.05, 0) is 37.9 Å². The SMILES string of the molecule is CN(CCC(=O)c1ccccc1F)CC1CCCOC1. The smallest absolute Gasteiger partial charge is 0.167 e. The fourth-order valence-corrected chi connectivity index (χ4v) is 2.60. The quantitative estimate of drug-likeness (QED) is 0.750. The third-order valence-corrected chi connectivity index (χ3v) is 3.72. The third kappa shape index (κ3) is 4.39. The van der Waals surface area contributed by atoms with Gasteiger partial charge >= 0.3 is 0 Å². The highest BCUT2D eigenvalue weighted by atomic mass is 19.1. The number of ketones is 1. The zero-order valence-corrected chi connectivity index (χ0v) is 12.0. The maximum Gasteiger partial charge on any atom is 0.167 e. The highest BCUT2D eigenvalue weighted by Gasteiger charge is 2.17. The first-order valence-electron chi connectivity index (χ1n) is 7.21. The molecule has 1 fully saturated rings. The molecule has 4 heteroatoms. The molecule has 0 spiro atoms. The van der Waals surface area contributed by atoms with Crippen LogP contribution in [0.5, 0.6) is 0 Å². The second-order valence-electron chi connectivity index (χ2n) is 5.50. The Hall–Kier alpha value is -1.26. The number of nitrogens with zero attached hydrogens (tertiary/aromatic N) is 1. The first kappa shape index (κ1) is 15.1. The van der Waals surface area contributed by atoms with E-state index in [2.05, 4.69) is 4.90 Å². The van der Waals surface area contributed by atoms with E-state index in [4.69, 9.17) is 4.74 Å². The number of halogens is 1. The van der Waals surface area contributed by atoms with Crippen LogP contribution < -0.4 is 0 Å². The Labute approximate surface area is 119 Å². The van der Waals surface area contributed by atoms with Gasteiger partial charge in [-0.25, -0.2) is 4.39 Å². The van der Waals surface area contributed by atoms with E-state index in [9.17, 15) is 9.18 Å².